The van der Waals surface area contributed by atoms with Crippen LogP contribution in [0.5, 0.6) is 0 Å². The molecule has 0 aromatic heterocycles. The fraction of sp³-hybridized carbons (Fsp3) is 0.333. The molecular weight excluding hydrogens is 195 g/mol. The largest absolute Gasteiger partial charge is 1.00 e. The molecule has 0 spiro atoms. The molecule has 0 amide bonds. The Morgan fingerprint density at radius 1 is 1.23 bits per heavy atom. The molecule has 0 saturated carbocycles. The first-order valence-electron chi connectivity index (χ1n) is 3.86. The van der Waals surface area contributed by atoms with Gasteiger partial charge in [-0.3, -0.25) is 4.21 Å². The van der Waals surface area contributed by atoms with E-state index in [0.717, 1.165) is 12.0 Å². The third-order valence-corrected chi connectivity index (χ3v) is 2.28. The third kappa shape index (κ3) is 4.93. The van der Waals surface area contributed by atoms with Crippen LogP contribution < -0.4 is 29.6 Å². The SMILES string of the molecule is CCc1ccc(CS(=O)[O-])cc1.[Na+]. The Kier molecular flexibility index (Phi) is 6.91. The van der Waals surface area contributed by atoms with Crippen molar-refractivity contribution in [2.45, 2.75) is 19.1 Å². The topological polar surface area (TPSA) is 40.1 Å². The molecule has 1 aromatic carbocycles. The number of rotatable bonds is 3. The maximum absolute atomic E-state index is 10.3. The minimum Gasteiger partial charge on any atom is -0.772 e. The predicted octanol–water partition coefficient (Wildman–Crippen LogP) is -1.37. The Morgan fingerprint density at radius 2 is 1.69 bits per heavy atom. The van der Waals surface area contributed by atoms with Gasteiger partial charge in [-0.15, -0.1) is 0 Å². The van der Waals surface area contributed by atoms with Crippen LogP contribution in [0.4, 0.5) is 0 Å². The van der Waals surface area contributed by atoms with E-state index >= 15 is 0 Å². The second-order valence-electron chi connectivity index (χ2n) is 2.62. The first-order valence-corrected chi connectivity index (χ1v) is 5.10. The van der Waals surface area contributed by atoms with Crippen molar-refractivity contribution in [3.8, 4) is 0 Å². The standard InChI is InChI=1S/C9H12O2S.Na/c1-2-8-3-5-9(6-4-8)7-12(10)11;/h3-6H,2,7H2,1H3,(H,10,11);/q;+1/p-1. The molecule has 0 heterocycles. The van der Waals surface area contributed by atoms with Crippen LogP contribution in [0, 0.1) is 0 Å². The molecule has 0 bridgehead atoms. The third-order valence-electron chi connectivity index (χ3n) is 1.72. The first-order chi connectivity index (χ1) is 5.72. The molecule has 66 valence electrons. The molecule has 1 rings (SSSR count). The van der Waals surface area contributed by atoms with Crippen LogP contribution in [0.1, 0.15) is 18.1 Å². The van der Waals surface area contributed by atoms with E-state index in [4.69, 9.17) is 0 Å². The molecule has 0 N–H and O–H groups in total. The van der Waals surface area contributed by atoms with Crippen molar-refractivity contribution in [1.82, 2.24) is 0 Å². The van der Waals surface area contributed by atoms with Gasteiger partial charge in [0.2, 0.25) is 0 Å². The van der Waals surface area contributed by atoms with E-state index in [1.54, 1.807) is 0 Å². The summed E-state index contributed by atoms with van der Waals surface area (Å²) >= 11 is -1.98. The Bertz CT molecular complexity index is 271. The van der Waals surface area contributed by atoms with Crippen LogP contribution in [0.3, 0.4) is 0 Å². The van der Waals surface area contributed by atoms with E-state index in [-0.39, 0.29) is 35.3 Å². The van der Waals surface area contributed by atoms with Gasteiger partial charge in [-0.25, -0.2) is 0 Å². The van der Waals surface area contributed by atoms with Crippen molar-refractivity contribution < 1.29 is 38.3 Å². The van der Waals surface area contributed by atoms with E-state index in [9.17, 15) is 8.76 Å². The Labute approximate surface area is 103 Å². The second-order valence-corrected chi connectivity index (χ2v) is 3.51. The summed E-state index contributed by atoms with van der Waals surface area (Å²) in [4.78, 5) is 0. The van der Waals surface area contributed by atoms with Gasteiger partial charge in [-0.1, -0.05) is 42.3 Å². The van der Waals surface area contributed by atoms with Gasteiger partial charge in [-0.05, 0) is 17.5 Å². The van der Waals surface area contributed by atoms with Gasteiger partial charge in [0.25, 0.3) is 0 Å². The molecule has 0 aliphatic carbocycles. The van der Waals surface area contributed by atoms with Crippen LogP contribution in [-0.2, 0) is 23.3 Å². The zero-order chi connectivity index (χ0) is 8.97. The maximum Gasteiger partial charge on any atom is 1.00 e. The van der Waals surface area contributed by atoms with Crippen molar-refractivity contribution in [2.24, 2.45) is 0 Å². The van der Waals surface area contributed by atoms with Crippen LogP contribution in [0.25, 0.3) is 0 Å². The monoisotopic (exact) mass is 206 g/mol. The van der Waals surface area contributed by atoms with Gasteiger partial charge in [0.1, 0.15) is 0 Å². The number of benzene rings is 1. The molecule has 0 radical (unpaired) electrons. The molecule has 1 unspecified atom stereocenters. The summed E-state index contributed by atoms with van der Waals surface area (Å²) in [5.74, 6) is 0.115. The Morgan fingerprint density at radius 3 is 2.08 bits per heavy atom. The van der Waals surface area contributed by atoms with Gasteiger partial charge in [-0.2, -0.15) is 0 Å². The quantitative estimate of drug-likeness (QED) is 0.452. The molecule has 0 saturated heterocycles. The van der Waals surface area contributed by atoms with E-state index < -0.39 is 11.1 Å². The van der Waals surface area contributed by atoms with Gasteiger partial charge < -0.3 is 4.55 Å². The van der Waals surface area contributed by atoms with Gasteiger partial charge in [0.05, 0.1) is 0 Å². The zero-order valence-corrected chi connectivity index (χ0v) is 10.8. The minimum absolute atomic E-state index is 0. The normalized spacial score (nSPS) is 11.8. The van der Waals surface area contributed by atoms with Crippen molar-refractivity contribution >= 4 is 11.1 Å². The van der Waals surface area contributed by atoms with Gasteiger partial charge in [0.15, 0.2) is 0 Å². The van der Waals surface area contributed by atoms with E-state index in [1.807, 2.05) is 24.3 Å². The van der Waals surface area contributed by atoms with Crippen LogP contribution in [-0.4, -0.2) is 8.76 Å². The number of hydrogen-bond donors (Lipinski definition) is 0. The van der Waals surface area contributed by atoms with Crippen molar-refractivity contribution in [3.05, 3.63) is 35.4 Å². The second kappa shape index (κ2) is 6.74. The molecule has 1 aromatic rings. The average Bonchev–Trinajstić information content (AvgIpc) is 2.05. The predicted molar refractivity (Wildman–Crippen MR) is 48.4 cm³/mol. The van der Waals surface area contributed by atoms with Crippen molar-refractivity contribution in [1.29, 1.82) is 0 Å². The number of hydrogen-bond acceptors (Lipinski definition) is 2. The van der Waals surface area contributed by atoms with E-state index in [1.165, 1.54) is 5.56 Å². The fourth-order valence-electron chi connectivity index (χ4n) is 1.01. The molecule has 13 heavy (non-hydrogen) atoms. The first kappa shape index (κ1) is 13.3. The molecule has 1 atom stereocenters. The Hall–Kier alpha value is 0.330. The van der Waals surface area contributed by atoms with Gasteiger partial charge in [0, 0.05) is 5.75 Å². The fourth-order valence-corrected chi connectivity index (χ4v) is 1.47. The molecule has 2 nitrogen and oxygen atoms in total. The summed E-state index contributed by atoms with van der Waals surface area (Å²) in [5.41, 5.74) is 2.08. The molecular formula is C9H11NaO2S. The van der Waals surface area contributed by atoms with E-state index in [0.29, 0.717) is 0 Å². The maximum atomic E-state index is 10.3. The summed E-state index contributed by atoms with van der Waals surface area (Å²) in [5, 5.41) is 0. The smallest absolute Gasteiger partial charge is 0.772 e. The van der Waals surface area contributed by atoms with Crippen molar-refractivity contribution in [3.63, 3.8) is 0 Å². The molecule has 0 aliphatic rings. The molecule has 0 fully saturated rings. The Balaban J connectivity index is 0.00000144. The molecule has 4 heteroatoms. The summed E-state index contributed by atoms with van der Waals surface area (Å²) in [6, 6.07) is 7.63. The summed E-state index contributed by atoms with van der Waals surface area (Å²) < 4.78 is 20.6. The minimum atomic E-state index is -1.98. The van der Waals surface area contributed by atoms with E-state index in [2.05, 4.69) is 6.92 Å². The van der Waals surface area contributed by atoms with Crippen LogP contribution >= 0.6 is 0 Å². The summed E-state index contributed by atoms with van der Waals surface area (Å²) in [7, 11) is 0. The van der Waals surface area contributed by atoms with Crippen LogP contribution in [0.2, 0.25) is 0 Å². The summed E-state index contributed by atoms with van der Waals surface area (Å²) in [6.07, 6.45) is 0.987. The molecule has 0 aliphatic heterocycles. The zero-order valence-electron chi connectivity index (χ0n) is 7.95. The van der Waals surface area contributed by atoms with Gasteiger partial charge >= 0.3 is 29.6 Å². The average molecular weight is 206 g/mol. The van der Waals surface area contributed by atoms with Crippen molar-refractivity contribution in [2.75, 3.05) is 0 Å². The summed E-state index contributed by atoms with van der Waals surface area (Å²) in [6.45, 7) is 2.07. The van der Waals surface area contributed by atoms with Crippen LogP contribution in [0.15, 0.2) is 24.3 Å². The number of aryl methyl sites for hydroxylation is 1.